The molecule has 3 aromatic carbocycles. The quantitative estimate of drug-likeness (QED) is 0.402. The van der Waals surface area contributed by atoms with E-state index in [1.807, 2.05) is 0 Å². The van der Waals surface area contributed by atoms with Crippen molar-refractivity contribution in [1.29, 1.82) is 0 Å². The molecule has 4 heteroatoms. The molecule has 0 radical (unpaired) electrons. The van der Waals surface area contributed by atoms with E-state index in [1.165, 1.54) is 21.1 Å². The van der Waals surface area contributed by atoms with Crippen LogP contribution in [0.5, 0.6) is 0 Å². The van der Waals surface area contributed by atoms with Crippen LogP contribution in [0.1, 0.15) is 23.6 Å². The summed E-state index contributed by atoms with van der Waals surface area (Å²) in [7, 11) is -2.52. The van der Waals surface area contributed by atoms with E-state index in [0.717, 1.165) is 16.7 Å². The van der Waals surface area contributed by atoms with E-state index in [9.17, 15) is 0 Å². The van der Waals surface area contributed by atoms with Gasteiger partial charge in [-0.3, -0.25) is 0 Å². The maximum atomic E-state index is 6.07. The van der Waals surface area contributed by atoms with Gasteiger partial charge < -0.3 is 17.2 Å². The third-order valence-corrected chi connectivity index (χ3v) is 11.7. The summed E-state index contributed by atoms with van der Waals surface area (Å²) >= 11 is 0. The molecule has 31 heavy (non-hydrogen) atoms. The van der Waals surface area contributed by atoms with Crippen molar-refractivity contribution in [3.63, 3.8) is 0 Å². The number of nitrogens with two attached hydrogens (primary N) is 3. The Kier molecular flexibility index (Phi) is 6.34. The molecule has 0 bridgehead atoms. The molecular weight excluding hydrogens is 394 g/mol. The first-order chi connectivity index (χ1) is 15.1. The first kappa shape index (κ1) is 21.5. The van der Waals surface area contributed by atoms with E-state index in [-0.39, 0.29) is 0 Å². The first-order valence-corrected chi connectivity index (χ1v) is 12.9. The molecular formula is C27H31N3Si. The Hall–Kier alpha value is -2.76. The zero-order valence-electron chi connectivity index (χ0n) is 18.1. The summed E-state index contributed by atoms with van der Waals surface area (Å²) in [5.74, 6) is 0. The van der Waals surface area contributed by atoms with Gasteiger partial charge in [0, 0.05) is 25.2 Å². The van der Waals surface area contributed by atoms with Crippen LogP contribution in [0.15, 0.2) is 96.6 Å². The lowest BCUT2D eigenvalue weighted by Gasteiger charge is -2.40. The van der Waals surface area contributed by atoms with Crippen molar-refractivity contribution in [2.45, 2.75) is 32.1 Å². The topological polar surface area (TPSA) is 78.1 Å². The summed E-state index contributed by atoms with van der Waals surface area (Å²) in [5, 5.41) is 4.09. The molecule has 0 saturated heterocycles. The Balaban J connectivity index is 2.12. The van der Waals surface area contributed by atoms with Crippen LogP contribution in [0.4, 0.5) is 0 Å². The van der Waals surface area contributed by atoms with Gasteiger partial charge in [0.1, 0.15) is 0 Å². The SMILES string of the molecule is CC1=CC=CC1[Si](c1cccc(CN)c1)(c1cccc(CN)c1)c1cccc(CN)c1. The summed E-state index contributed by atoms with van der Waals surface area (Å²) in [6.07, 6.45) is 6.83. The van der Waals surface area contributed by atoms with Gasteiger partial charge in [-0.2, -0.15) is 0 Å². The predicted molar refractivity (Wildman–Crippen MR) is 134 cm³/mol. The molecule has 0 aliphatic heterocycles. The molecule has 158 valence electrons. The smallest absolute Gasteiger partial charge is 0.158 e. The Bertz CT molecular complexity index is 1020. The number of benzene rings is 3. The predicted octanol–water partition coefficient (Wildman–Crippen LogP) is 2.42. The lowest BCUT2D eigenvalue weighted by Crippen LogP contribution is -2.69. The Morgan fingerprint density at radius 2 is 1.10 bits per heavy atom. The number of allylic oxidation sites excluding steroid dienone is 4. The van der Waals surface area contributed by atoms with Gasteiger partial charge in [-0.15, -0.1) is 0 Å². The van der Waals surface area contributed by atoms with Gasteiger partial charge in [-0.1, -0.05) is 96.6 Å². The number of hydrogen-bond donors (Lipinski definition) is 3. The molecule has 6 N–H and O–H groups in total. The molecule has 0 amide bonds. The standard InChI is InChI=1S/C27H31N3Si/c1-20-6-2-13-27(20)31(24-10-3-7-21(14-24)17-28,25-11-4-8-22(15-25)18-29)26-12-5-9-23(16-26)19-30/h2-16,27H,17-19,28-30H2,1H3. The van der Waals surface area contributed by atoms with Crippen molar-refractivity contribution < 1.29 is 0 Å². The highest BCUT2D eigenvalue weighted by atomic mass is 28.3. The van der Waals surface area contributed by atoms with Crippen LogP contribution in [-0.2, 0) is 19.6 Å². The van der Waals surface area contributed by atoms with E-state index >= 15 is 0 Å². The third kappa shape index (κ3) is 3.84. The maximum Gasteiger partial charge on any atom is 0.158 e. The molecule has 3 nitrogen and oxygen atoms in total. The molecule has 0 saturated carbocycles. The van der Waals surface area contributed by atoms with E-state index in [4.69, 9.17) is 17.2 Å². The lowest BCUT2D eigenvalue weighted by atomic mass is 10.2. The Labute approximate surface area is 186 Å². The van der Waals surface area contributed by atoms with Crippen LogP contribution >= 0.6 is 0 Å². The van der Waals surface area contributed by atoms with E-state index in [2.05, 4.69) is 97.9 Å². The molecule has 1 atom stereocenters. The van der Waals surface area contributed by atoms with Gasteiger partial charge >= 0.3 is 0 Å². The van der Waals surface area contributed by atoms with Crippen LogP contribution in [0, 0.1) is 0 Å². The van der Waals surface area contributed by atoms with Crippen molar-refractivity contribution in [2.24, 2.45) is 17.2 Å². The summed E-state index contributed by atoms with van der Waals surface area (Å²) in [6, 6.07) is 26.6. The summed E-state index contributed by atoms with van der Waals surface area (Å²) in [6.45, 7) is 3.83. The number of hydrogen-bond acceptors (Lipinski definition) is 3. The fraction of sp³-hybridized carbons (Fsp3) is 0.185. The molecule has 0 heterocycles. The average Bonchev–Trinajstić information content (AvgIpc) is 3.26. The van der Waals surface area contributed by atoms with E-state index < -0.39 is 8.07 Å². The van der Waals surface area contributed by atoms with Gasteiger partial charge in [0.05, 0.1) is 0 Å². The van der Waals surface area contributed by atoms with Crippen molar-refractivity contribution >= 4 is 23.6 Å². The average molecular weight is 426 g/mol. The second-order valence-corrected chi connectivity index (χ2v) is 12.3. The monoisotopic (exact) mass is 425 g/mol. The van der Waals surface area contributed by atoms with Gasteiger partial charge in [-0.05, 0) is 39.2 Å². The largest absolute Gasteiger partial charge is 0.326 e. The van der Waals surface area contributed by atoms with Crippen LogP contribution < -0.4 is 32.8 Å². The minimum absolute atomic E-state index is 0.307. The van der Waals surface area contributed by atoms with Crippen molar-refractivity contribution in [1.82, 2.24) is 0 Å². The molecule has 1 aliphatic carbocycles. The summed E-state index contributed by atoms with van der Waals surface area (Å²) in [4.78, 5) is 0. The van der Waals surface area contributed by atoms with Crippen molar-refractivity contribution in [3.8, 4) is 0 Å². The van der Waals surface area contributed by atoms with Crippen molar-refractivity contribution in [3.05, 3.63) is 113 Å². The van der Waals surface area contributed by atoms with Gasteiger partial charge in [0.25, 0.3) is 0 Å². The fourth-order valence-corrected chi connectivity index (χ4v) is 10.5. The lowest BCUT2D eigenvalue weighted by molar-refractivity contribution is 1.07. The Morgan fingerprint density at radius 3 is 1.42 bits per heavy atom. The van der Waals surface area contributed by atoms with Gasteiger partial charge in [0.2, 0.25) is 0 Å². The van der Waals surface area contributed by atoms with Crippen LogP contribution in [0.3, 0.4) is 0 Å². The maximum absolute atomic E-state index is 6.07. The molecule has 1 aliphatic rings. The third-order valence-electron chi connectivity index (χ3n) is 6.47. The minimum atomic E-state index is -2.52. The molecule has 4 rings (SSSR count). The second-order valence-electron chi connectivity index (χ2n) is 8.29. The normalized spacial score (nSPS) is 15.9. The fourth-order valence-electron chi connectivity index (χ4n) is 4.93. The van der Waals surface area contributed by atoms with Crippen LogP contribution in [-0.4, -0.2) is 8.07 Å². The molecule has 0 aromatic heterocycles. The summed E-state index contributed by atoms with van der Waals surface area (Å²) < 4.78 is 0. The zero-order valence-corrected chi connectivity index (χ0v) is 19.1. The van der Waals surface area contributed by atoms with Gasteiger partial charge in [-0.25, -0.2) is 0 Å². The highest BCUT2D eigenvalue weighted by Gasteiger charge is 2.47. The molecule has 0 fully saturated rings. The van der Waals surface area contributed by atoms with Crippen LogP contribution in [0.2, 0.25) is 5.54 Å². The number of rotatable bonds is 7. The molecule has 0 spiro atoms. The highest BCUT2D eigenvalue weighted by molar-refractivity contribution is 7.13. The van der Waals surface area contributed by atoms with Crippen LogP contribution in [0.25, 0.3) is 0 Å². The molecule has 3 aromatic rings. The highest BCUT2D eigenvalue weighted by Crippen LogP contribution is 2.35. The first-order valence-electron chi connectivity index (χ1n) is 10.9. The van der Waals surface area contributed by atoms with Crippen molar-refractivity contribution in [2.75, 3.05) is 0 Å². The molecule has 1 unspecified atom stereocenters. The zero-order chi connectivity index (χ0) is 21.8. The summed E-state index contributed by atoms with van der Waals surface area (Å²) in [5.41, 5.74) is 23.4. The van der Waals surface area contributed by atoms with E-state index in [1.54, 1.807) is 0 Å². The van der Waals surface area contributed by atoms with E-state index in [0.29, 0.717) is 25.2 Å². The minimum Gasteiger partial charge on any atom is -0.326 e. The Morgan fingerprint density at radius 1 is 0.677 bits per heavy atom. The van der Waals surface area contributed by atoms with Gasteiger partial charge in [0.15, 0.2) is 8.07 Å². The second kappa shape index (κ2) is 9.16.